The van der Waals surface area contributed by atoms with Crippen LogP contribution in [-0.2, 0) is 0 Å². The van der Waals surface area contributed by atoms with E-state index in [1.54, 1.807) is 23.5 Å². The first-order valence-electron chi connectivity index (χ1n) is 6.76. The zero-order valence-corrected chi connectivity index (χ0v) is 11.8. The third-order valence-corrected chi connectivity index (χ3v) is 4.71. The first-order valence-corrected chi connectivity index (χ1v) is 7.70. The first kappa shape index (κ1) is 12.8. The van der Waals surface area contributed by atoms with Crippen LogP contribution in [0.25, 0.3) is 0 Å². The van der Waals surface area contributed by atoms with E-state index in [-0.39, 0.29) is 5.82 Å². The van der Waals surface area contributed by atoms with Crippen LogP contribution in [-0.4, -0.2) is 6.04 Å². The molecule has 0 amide bonds. The summed E-state index contributed by atoms with van der Waals surface area (Å²) in [6.07, 6.45) is 2.31. The van der Waals surface area contributed by atoms with Crippen LogP contribution in [0.2, 0.25) is 0 Å². The van der Waals surface area contributed by atoms with Crippen molar-refractivity contribution in [2.75, 3.05) is 0 Å². The lowest BCUT2D eigenvalue weighted by Crippen LogP contribution is -2.41. The van der Waals surface area contributed by atoms with Crippen molar-refractivity contribution in [3.05, 3.63) is 58.0 Å². The molecule has 1 saturated carbocycles. The van der Waals surface area contributed by atoms with E-state index in [1.165, 1.54) is 11.1 Å². The molecule has 3 heteroatoms. The average Bonchev–Trinajstić information content (AvgIpc) is 2.88. The van der Waals surface area contributed by atoms with E-state index in [0.717, 1.165) is 12.8 Å². The van der Waals surface area contributed by atoms with Gasteiger partial charge < -0.3 is 5.32 Å². The predicted molar refractivity (Wildman–Crippen MR) is 78.0 cm³/mol. The lowest BCUT2D eigenvalue weighted by molar-refractivity contribution is 0.271. The van der Waals surface area contributed by atoms with Gasteiger partial charge in [-0.1, -0.05) is 12.1 Å². The molecule has 2 aromatic rings. The van der Waals surface area contributed by atoms with E-state index in [4.69, 9.17) is 0 Å². The highest BCUT2D eigenvalue weighted by atomic mass is 32.1. The number of rotatable bonds is 4. The quantitative estimate of drug-likeness (QED) is 0.867. The van der Waals surface area contributed by atoms with Crippen LogP contribution in [0.15, 0.2) is 41.1 Å². The summed E-state index contributed by atoms with van der Waals surface area (Å²) in [5.41, 5.74) is 2.64. The number of hydrogen-bond donors (Lipinski definition) is 1. The van der Waals surface area contributed by atoms with Crippen molar-refractivity contribution in [3.63, 3.8) is 0 Å². The van der Waals surface area contributed by atoms with Crippen LogP contribution in [0.4, 0.5) is 4.39 Å². The largest absolute Gasteiger partial charge is 0.307 e. The Labute approximate surface area is 117 Å². The summed E-state index contributed by atoms with van der Waals surface area (Å²) in [4.78, 5) is 0. The van der Waals surface area contributed by atoms with Gasteiger partial charge in [-0.05, 0) is 65.8 Å². The van der Waals surface area contributed by atoms with Crippen molar-refractivity contribution in [1.82, 2.24) is 5.32 Å². The van der Waals surface area contributed by atoms with E-state index >= 15 is 0 Å². The molecule has 0 aliphatic heterocycles. The maximum Gasteiger partial charge on any atom is 0.123 e. The zero-order valence-electron chi connectivity index (χ0n) is 11.0. The predicted octanol–water partition coefficient (Wildman–Crippen LogP) is 4.48. The van der Waals surface area contributed by atoms with Crippen LogP contribution in [0.3, 0.4) is 0 Å². The molecule has 3 rings (SSSR count). The molecule has 1 fully saturated rings. The summed E-state index contributed by atoms with van der Waals surface area (Å²) >= 11 is 1.74. The van der Waals surface area contributed by atoms with Gasteiger partial charge in [0, 0.05) is 12.1 Å². The van der Waals surface area contributed by atoms with Crippen molar-refractivity contribution in [2.45, 2.75) is 37.8 Å². The van der Waals surface area contributed by atoms with Gasteiger partial charge in [0.1, 0.15) is 5.82 Å². The van der Waals surface area contributed by atoms with Crippen molar-refractivity contribution in [2.24, 2.45) is 0 Å². The van der Waals surface area contributed by atoms with Gasteiger partial charge in [0.25, 0.3) is 0 Å². The molecule has 1 aliphatic rings. The van der Waals surface area contributed by atoms with Crippen molar-refractivity contribution in [3.8, 4) is 0 Å². The minimum absolute atomic E-state index is 0.149. The second kappa shape index (κ2) is 5.43. The fraction of sp³-hybridized carbons (Fsp3) is 0.375. The summed E-state index contributed by atoms with van der Waals surface area (Å²) in [7, 11) is 0. The summed E-state index contributed by atoms with van der Waals surface area (Å²) in [5, 5.41) is 7.99. The zero-order chi connectivity index (χ0) is 13.2. The van der Waals surface area contributed by atoms with Crippen molar-refractivity contribution >= 4 is 11.3 Å². The highest BCUT2D eigenvalue weighted by Gasteiger charge is 2.31. The van der Waals surface area contributed by atoms with Gasteiger partial charge in [-0.2, -0.15) is 11.3 Å². The van der Waals surface area contributed by atoms with E-state index in [9.17, 15) is 4.39 Å². The van der Waals surface area contributed by atoms with E-state index in [1.807, 2.05) is 12.1 Å². The number of hydrogen-bond acceptors (Lipinski definition) is 2. The average molecular weight is 275 g/mol. The van der Waals surface area contributed by atoms with Gasteiger partial charge in [-0.3, -0.25) is 0 Å². The fourth-order valence-electron chi connectivity index (χ4n) is 2.73. The molecule has 1 aromatic carbocycles. The molecule has 0 saturated heterocycles. The molecule has 0 bridgehead atoms. The summed E-state index contributed by atoms with van der Waals surface area (Å²) in [6.45, 7) is 2.22. The Morgan fingerprint density at radius 3 is 2.58 bits per heavy atom. The normalized spacial score (nSPS) is 23.9. The molecule has 100 valence electrons. The molecular formula is C16H18FNS. The highest BCUT2D eigenvalue weighted by molar-refractivity contribution is 7.07. The van der Waals surface area contributed by atoms with Crippen LogP contribution >= 0.6 is 11.3 Å². The van der Waals surface area contributed by atoms with Gasteiger partial charge >= 0.3 is 0 Å². The third-order valence-electron chi connectivity index (χ3n) is 4.01. The minimum Gasteiger partial charge on any atom is -0.307 e. The standard InChI is InChI=1S/C16H18FNS/c1-11(13-6-7-19-10-13)18-16-8-14(9-16)12-2-4-15(17)5-3-12/h2-7,10-11,14,16,18H,8-9H2,1H3. The third kappa shape index (κ3) is 2.88. The monoisotopic (exact) mass is 275 g/mol. The van der Waals surface area contributed by atoms with Crippen molar-refractivity contribution < 1.29 is 4.39 Å². The van der Waals surface area contributed by atoms with Gasteiger partial charge in [-0.25, -0.2) is 4.39 Å². The van der Waals surface area contributed by atoms with Crippen LogP contribution in [0.1, 0.15) is 42.9 Å². The fourth-order valence-corrected chi connectivity index (χ4v) is 3.49. The Morgan fingerprint density at radius 1 is 1.21 bits per heavy atom. The van der Waals surface area contributed by atoms with Gasteiger partial charge in [-0.15, -0.1) is 0 Å². The molecule has 1 nitrogen and oxygen atoms in total. The number of nitrogens with one attached hydrogen (secondary N) is 1. The molecule has 1 atom stereocenters. The minimum atomic E-state index is -0.149. The first-order chi connectivity index (χ1) is 9.22. The Bertz CT molecular complexity index is 514. The Kier molecular flexibility index (Phi) is 3.67. The second-order valence-electron chi connectivity index (χ2n) is 5.36. The highest BCUT2D eigenvalue weighted by Crippen LogP contribution is 2.38. The maximum atomic E-state index is 12.9. The van der Waals surface area contributed by atoms with E-state index in [0.29, 0.717) is 18.0 Å². The van der Waals surface area contributed by atoms with Crippen LogP contribution < -0.4 is 5.32 Å². The lowest BCUT2D eigenvalue weighted by Gasteiger charge is -2.38. The Balaban J connectivity index is 1.51. The van der Waals surface area contributed by atoms with Gasteiger partial charge in [0.15, 0.2) is 0 Å². The molecule has 0 radical (unpaired) electrons. The molecule has 1 N–H and O–H groups in total. The number of halogens is 1. The smallest absolute Gasteiger partial charge is 0.123 e. The number of benzene rings is 1. The molecule has 19 heavy (non-hydrogen) atoms. The van der Waals surface area contributed by atoms with Crippen LogP contribution in [0, 0.1) is 5.82 Å². The molecule has 0 spiro atoms. The Morgan fingerprint density at radius 2 is 1.95 bits per heavy atom. The van der Waals surface area contributed by atoms with Gasteiger partial charge in [0.05, 0.1) is 0 Å². The SMILES string of the molecule is CC(NC1CC(c2ccc(F)cc2)C1)c1ccsc1. The molecule has 1 unspecified atom stereocenters. The molecule has 1 heterocycles. The number of thiophene rings is 1. The summed E-state index contributed by atoms with van der Waals surface area (Å²) in [6, 6.07) is 10.1. The molecular weight excluding hydrogens is 257 g/mol. The Hall–Kier alpha value is -1.19. The van der Waals surface area contributed by atoms with E-state index in [2.05, 4.69) is 29.1 Å². The van der Waals surface area contributed by atoms with Crippen molar-refractivity contribution in [1.29, 1.82) is 0 Å². The lowest BCUT2D eigenvalue weighted by atomic mass is 9.75. The summed E-state index contributed by atoms with van der Waals surface area (Å²) in [5.74, 6) is 0.441. The topological polar surface area (TPSA) is 12.0 Å². The van der Waals surface area contributed by atoms with Crippen LogP contribution in [0.5, 0.6) is 0 Å². The molecule has 1 aliphatic carbocycles. The second-order valence-corrected chi connectivity index (χ2v) is 6.14. The van der Waals surface area contributed by atoms with Gasteiger partial charge in [0.2, 0.25) is 0 Å². The summed E-state index contributed by atoms with van der Waals surface area (Å²) < 4.78 is 12.9. The molecule has 1 aromatic heterocycles. The maximum absolute atomic E-state index is 12.9. The van der Waals surface area contributed by atoms with E-state index < -0.39 is 0 Å².